The third kappa shape index (κ3) is 10.4. The number of fused-ring (bicyclic) bond motifs is 18. The van der Waals surface area contributed by atoms with E-state index in [0.29, 0.717) is 22.9 Å². The van der Waals surface area contributed by atoms with Gasteiger partial charge in [0.2, 0.25) is 5.36 Å². The lowest BCUT2D eigenvalue weighted by atomic mass is 9.96. The summed E-state index contributed by atoms with van der Waals surface area (Å²) in [4.78, 5) is 6.77. The Kier molecular flexibility index (Phi) is 16.7. The molecule has 5 aromatic heterocycles. The summed E-state index contributed by atoms with van der Waals surface area (Å²) >= 11 is 3.65. The fourth-order valence-electron chi connectivity index (χ4n) is 14.7. The highest BCUT2D eigenvalue weighted by Gasteiger charge is 2.44. The molecular formula is C76H84BF2N4S2+. The van der Waals surface area contributed by atoms with Gasteiger partial charge in [-0.15, -0.1) is 22.7 Å². The Morgan fingerprint density at radius 1 is 0.506 bits per heavy atom. The average Bonchev–Trinajstić information content (AvgIpc) is 1.65. The van der Waals surface area contributed by atoms with Gasteiger partial charge in [-0.25, -0.2) is 13.1 Å². The first-order valence-corrected chi connectivity index (χ1v) is 34.4. The first-order chi connectivity index (χ1) is 41.6. The third-order valence-corrected chi connectivity index (χ3v) is 21.8. The molecule has 0 radical (unpaired) electrons. The number of allylic oxidation sites excluding steroid dienone is 1. The highest BCUT2D eigenvalue weighted by atomic mass is 32.1. The van der Waals surface area contributed by atoms with Gasteiger partial charge in [-0.3, -0.25) is 0 Å². The topological polar surface area (TPSA) is 28.7 Å². The Balaban J connectivity index is 1.12. The Morgan fingerprint density at radius 2 is 1.02 bits per heavy atom. The van der Waals surface area contributed by atoms with Crippen LogP contribution in [-0.4, -0.2) is 21.5 Å². The number of H-pyrrole nitrogens is 1. The fourth-order valence-corrected chi connectivity index (χ4v) is 17.2. The van der Waals surface area contributed by atoms with Crippen molar-refractivity contribution in [2.45, 2.75) is 177 Å². The molecule has 0 aliphatic carbocycles. The highest BCUT2D eigenvalue weighted by Crippen LogP contribution is 2.46. The van der Waals surface area contributed by atoms with Crippen molar-refractivity contribution in [1.82, 2.24) is 18.6 Å². The van der Waals surface area contributed by atoms with Crippen molar-refractivity contribution >= 4 is 138 Å². The number of rotatable bonds is 25. The van der Waals surface area contributed by atoms with Crippen LogP contribution in [0, 0.1) is 18.8 Å². The molecule has 0 spiro atoms. The van der Waals surface area contributed by atoms with Crippen LogP contribution in [0.3, 0.4) is 0 Å². The van der Waals surface area contributed by atoms with Crippen LogP contribution in [0.5, 0.6) is 0 Å². The normalized spacial score (nSPS) is 14.3. The first-order valence-electron chi connectivity index (χ1n) is 32.7. The molecule has 9 heteroatoms. The number of halogens is 2. The van der Waals surface area contributed by atoms with E-state index >= 15 is 8.63 Å². The lowest BCUT2D eigenvalue weighted by molar-refractivity contribution is 0.401. The van der Waals surface area contributed by atoms with Crippen LogP contribution in [0.1, 0.15) is 171 Å². The van der Waals surface area contributed by atoms with Crippen LogP contribution in [0.15, 0.2) is 121 Å². The SMILES string of the molecule is CCCCCCc1cc2c(s1)c1c(c3cc4c(cc32)c2ccccc2n4CC(CC)CCCC)=C/C(=C(\c2ccc(C)cc2)c2cc3c4cc5c(cc4c4cc(CCCCCC)sc4c3[nH]2)c2ccccc2n5CC(CC)CCCC)[N+]=1B(F)F. The van der Waals surface area contributed by atoms with Crippen LogP contribution in [0.2, 0.25) is 0 Å². The largest absolute Gasteiger partial charge is 0.935 e. The molecule has 6 heterocycles. The second-order valence-corrected chi connectivity index (χ2v) is 27.4. The Labute approximate surface area is 509 Å². The van der Waals surface area contributed by atoms with Crippen molar-refractivity contribution in [3.05, 3.63) is 158 Å². The summed E-state index contributed by atoms with van der Waals surface area (Å²) in [5, 5.41) is 14.7. The van der Waals surface area contributed by atoms with Crippen molar-refractivity contribution in [2.75, 3.05) is 0 Å². The first kappa shape index (κ1) is 57.5. The van der Waals surface area contributed by atoms with Gasteiger partial charge in [-0.1, -0.05) is 185 Å². The number of para-hydroxylation sites is 2. The molecule has 13 rings (SSSR count). The Bertz CT molecular complexity index is 4640. The zero-order valence-electron chi connectivity index (χ0n) is 51.3. The predicted octanol–water partition coefficient (Wildman–Crippen LogP) is 21.8. The van der Waals surface area contributed by atoms with E-state index in [1.807, 2.05) is 11.3 Å². The van der Waals surface area contributed by atoms with Gasteiger partial charge in [0.25, 0.3) is 0 Å². The number of nitrogens with one attached hydrogen (secondary N) is 1. The third-order valence-electron chi connectivity index (χ3n) is 19.4. The molecule has 0 fully saturated rings. The number of unbranched alkanes of at least 4 members (excludes halogenated alkanes) is 8. The van der Waals surface area contributed by atoms with Crippen molar-refractivity contribution in [3.8, 4) is 0 Å². The van der Waals surface area contributed by atoms with Crippen molar-refractivity contribution < 1.29 is 8.63 Å². The Hall–Kier alpha value is -6.55. The number of aryl methyl sites for hydroxylation is 3. The molecule has 1 aliphatic rings. The highest BCUT2D eigenvalue weighted by molar-refractivity contribution is 7.20. The molecule has 12 aromatic rings. The van der Waals surface area contributed by atoms with E-state index in [1.165, 1.54) is 149 Å². The zero-order chi connectivity index (χ0) is 58.5. The van der Waals surface area contributed by atoms with Crippen LogP contribution in [0.4, 0.5) is 8.63 Å². The summed E-state index contributed by atoms with van der Waals surface area (Å²) < 4.78 is 43.1. The molecule has 0 saturated carbocycles. The van der Waals surface area contributed by atoms with E-state index in [4.69, 9.17) is 0 Å². The monoisotopic (exact) mass is 1170 g/mol. The lowest BCUT2D eigenvalue weighted by Crippen LogP contribution is -2.39. The molecule has 436 valence electrons. The van der Waals surface area contributed by atoms with E-state index in [1.54, 1.807) is 11.3 Å². The van der Waals surface area contributed by atoms with Gasteiger partial charge in [0.15, 0.2) is 5.70 Å². The Morgan fingerprint density at radius 3 is 1.58 bits per heavy atom. The number of aromatic nitrogens is 3. The molecule has 1 N–H and O–H groups in total. The zero-order valence-corrected chi connectivity index (χ0v) is 53.0. The molecule has 4 nitrogen and oxygen atoms in total. The molecule has 0 amide bonds. The van der Waals surface area contributed by atoms with Gasteiger partial charge in [-0.2, -0.15) is 0 Å². The van der Waals surface area contributed by atoms with Gasteiger partial charge in [0.1, 0.15) is 4.70 Å². The quantitative estimate of drug-likeness (QED) is 0.0436. The van der Waals surface area contributed by atoms with Gasteiger partial charge in [0, 0.05) is 88.7 Å². The van der Waals surface area contributed by atoms with E-state index in [-0.39, 0.29) is 0 Å². The molecule has 0 saturated heterocycles. The molecular weight excluding hydrogens is 1080 g/mol. The number of hydrogen-bond acceptors (Lipinski definition) is 2. The summed E-state index contributed by atoms with van der Waals surface area (Å²) in [7, 11) is -2.81. The van der Waals surface area contributed by atoms with Crippen LogP contribution in [-0.2, 0) is 25.9 Å². The van der Waals surface area contributed by atoms with E-state index < -0.39 is 7.40 Å². The summed E-state index contributed by atoms with van der Waals surface area (Å²) in [6.07, 6.45) is 23.0. The second kappa shape index (κ2) is 24.7. The average molecular weight is 1170 g/mol. The minimum atomic E-state index is -2.81. The fraction of sp³-hybridized carbons (Fsp3) is 0.382. The van der Waals surface area contributed by atoms with Gasteiger partial charge in [0.05, 0.1) is 26.7 Å². The van der Waals surface area contributed by atoms with Gasteiger partial charge < -0.3 is 14.1 Å². The van der Waals surface area contributed by atoms with E-state index in [0.717, 1.165) is 117 Å². The maximum Gasteiger partial charge on any atom is 0.935 e. The summed E-state index contributed by atoms with van der Waals surface area (Å²) in [6, 6.07) is 43.5. The number of benzene rings is 7. The van der Waals surface area contributed by atoms with Gasteiger partial charge in [-0.05, 0) is 139 Å². The molecule has 7 aromatic carbocycles. The maximum atomic E-state index is 17.2. The van der Waals surface area contributed by atoms with Crippen LogP contribution >= 0.6 is 22.7 Å². The molecule has 2 unspecified atom stereocenters. The van der Waals surface area contributed by atoms with Gasteiger partial charge >= 0.3 is 7.40 Å². The van der Waals surface area contributed by atoms with Crippen molar-refractivity contribution in [2.24, 2.45) is 11.8 Å². The number of aromatic amines is 1. The standard InChI is InChI=1S/C76H83BF2N4S2/c1-8-14-18-20-28-52-38-64-56-40-60-54-30-22-24-32-67(54)81(46-49(12-5)26-16-10-3)69(60)43-58(56)62-42-66(80-73(62)75(64)84-52)72(51-36-34-48(7)35-37-51)71-45-63-59-44-70-61(55-31-23-25-33-68(55)82(70)47-50(13-6)27-17-11-4)41-57(59)65-39-53(29-21-19-15-9-2)85-76(65)74(63)83(71)77(78)79/h22-25,30-45,49-50H,8-21,26-29,46-47H2,1-7H3/p+1. The summed E-state index contributed by atoms with van der Waals surface area (Å²) in [5.41, 5.74) is 10.3. The minimum Gasteiger partial charge on any atom is -0.353 e. The second-order valence-electron chi connectivity index (χ2n) is 25.1. The summed E-state index contributed by atoms with van der Waals surface area (Å²) in [5.74, 6) is 1.10. The lowest BCUT2D eigenvalue weighted by Gasteiger charge is -2.17. The van der Waals surface area contributed by atoms with E-state index in [9.17, 15) is 0 Å². The number of nitrogens with zero attached hydrogens (tertiary/aromatic N) is 3. The van der Waals surface area contributed by atoms with E-state index in [2.05, 4.69) is 184 Å². The number of hydrogen-bond donors (Lipinski definition) is 1. The molecule has 2 atom stereocenters. The van der Waals surface area contributed by atoms with Crippen LogP contribution < -0.4 is 15.1 Å². The molecule has 1 aliphatic heterocycles. The molecule has 85 heavy (non-hydrogen) atoms. The minimum absolute atomic E-state index is 0.530. The molecule has 0 bridgehead atoms. The van der Waals surface area contributed by atoms with Crippen molar-refractivity contribution in [3.63, 3.8) is 0 Å². The predicted molar refractivity (Wildman–Crippen MR) is 369 cm³/mol. The van der Waals surface area contributed by atoms with Crippen molar-refractivity contribution in [1.29, 1.82) is 0 Å². The smallest absolute Gasteiger partial charge is 0.353 e. The maximum absolute atomic E-state index is 17.2. The summed E-state index contributed by atoms with van der Waals surface area (Å²) in [6.45, 7) is 17.8. The van der Waals surface area contributed by atoms with Crippen LogP contribution in [0.25, 0.3) is 108 Å². The number of thiophene rings is 2.